The van der Waals surface area contributed by atoms with Crippen LogP contribution in [0, 0.1) is 5.82 Å². The molecule has 39 heavy (non-hydrogen) atoms. The summed E-state index contributed by atoms with van der Waals surface area (Å²) in [5, 5.41) is 6.15. The largest absolute Gasteiger partial charge is 0.454 e. The molecule has 198 valence electrons. The van der Waals surface area contributed by atoms with Crippen LogP contribution in [0.3, 0.4) is 0 Å². The van der Waals surface area contributed by atoms with Gasteiger partial charge in [-0.2, -0.15) is 0 Å². The van der Waals surface area contributed by atoms with Crippen LogP contribution in [0.1, 0.15) is 10.4 Å². The van der Waals surface area contributed by atoms with Gasteiger partial charge in [-0.05, 0) is 54.7 Å². The highest BCUT2D eigenvalue weighted by Gasteiger charge is 2.16. The van der Waals surface area contributed by atoms with Crippen LogP contribution < -0.4 is 20.9 Å². The lowest BCUT2D eigenvalue weighted by Crippen LogP contribution is -2.43. The number of pyridine rings is 2. The number of morpholine rings is 1. The van der Waals surface area contributed by atoms with Gasteiger partial charge in [0.25, 0.3) is 11.5 Å². The van der Waals surface area contributed by atoms with E-state index in [0.29, 0.717) is 48.7 Å². The molecular weight excluding hydrogens is 521 g/mol. The Morgan fingerprint density at radius 2 is 1.79 bits per heavy atom. The first-order valence-corrected chi connectivity index (χ1v) is 12.5. The maximum absolute atomic E-state index is 14.9. The van der Waals surface area contributed by atoms with Crippen LogP contribution in [0.15, 0.2) is 90.0 Å². The zero-order valence-electron chi connectivity index (χ0n) is 20.7. The molecule has 2 aromatic heterocycles. The number of ether oxygens (including phenoxy) is 2. The van der Waals surface area contributed by atoms with Crippen LogP contribution in [0.2, 0.25) is 0 Å². The summed E-state index contributed by atoms with van der Waals surface area (Å²) < 4.78 is 27.3. The minimum absolute atomic E-state index is 0.0490. The van der Waals surface area contributed by atoms with Gasteiger partial charge in [0.15, 0.2) is 16.7 Å². The van der Waals surface area contributed by atoms with E-state index in [9.17, 15) is 14.0 Å². The lowest BCUT2D eigenvalue weighted by molar-refractivity contribution is 0.0690. The molecule has 0 atom stereocenters. The van der Waals surface area contributed by atoms with E-state index >= 15 is 0 Å². The molecule has 1 fully saturated rings. The predicted octanol–water partition coefficient (Wildman–Crippen LogP) is 4.45. The van der Waals surface area contributed by atoms with E-state index in [-0.39, 0.29) is 17.0 Å². The topological polar surface area (TPSA) is 97.7 Å². The van der Waals surface area contributed by atoms with Crippen molar-refractivity contribution in [3.63, 3.8) is 0 Å². The van der Waals surface area contributed by atoms with Gasteiger partial charge in [0.05, 0.1) is 13.2 Å². The fraction of sp³-hybridized carbons (Fsp3) is 0.143. The summed E-state index contributed by atoms with van der Waals surface area (Å²) in [6, 6.07) is 19.2. The van der Waals surface area contributed by atoms with Crippen molar-refractivity contribution >= 4 is 34.7 Å². The Balaban J connectivity index is 1.26. The van der Waals surface area contributed by atoms with Gasteiger partial charge >= 0.3 is 0 Å². The first kappa shape index (κ1) is 26.0. The zero-order chi connectivity index (χ0) is 27.2. The molecule has 0 aliphatic carbocycles. The first-order valence-electron chi connectivity index (χ1n) is 12.1. The third-order valence-electron chi connectivity index (χ3n) is 5.91. The molecule has 9 nitrogen and oxygen atoms in total. The van der Waals surface area contributed by atoms with E-state index in [1.165, 1.54) is 29.0 Å². The van der Waals surface area contributed by atoms with Gasteiger partial charge in [-0.15, -0.1) is 0 Å². The minimum atomic E-state index is -0.697. The smallest absolute Gasteiger partial charge is 0.267 e. The minimum Gasteiger partial charge on any atom is -0.454 e. The Bertz CT molecular complexity index is 1560. The molecule has 0 bridgehead atoms. The van der Waals surface area contributed by atoms with Crippen LogP contribution in [0.5, 0.6) is 11.5 Å². The second kappa shape index (κ2) is 11.8. The molecule has 4 aromatic rings. The summed E-state index contributed by atoms with van der Waals surface area (Å²) in [7, 11) is 0. The number of carbonyl (C=O) groups excluding carboxylic acids is 1. The number of nitrogens with one attached hydrogen (secondary N) is 2. The Morgan fingerprint density at radius 1 is 1.00 bits per heavy atom. The van der Waals surface area contributed by atoms with Gasteiger partial charge in [0, 0.05) is 49.0 Å². The maximum atomic E-state index is 14.9. The van der Waals surface area contributed by atoms with Gasteiger partial charge in [-0.25, -0.2) is 9.37 Å². The number of carbonyl (C=O) groups is 1. The van der Waals surface area contributed by atoms with Crippen LogP contribution in [-0.2, 0) is 4.74 Å². The predicted molar refractivity (Wildman–Crippen MR) is 149 cm³/mol. The fourth-order valence-corrected chi connectivity index (χ4v) is 4.23. The molecular formula is C28H24FN5O4S. The van der Waals surface area contributed by atoms with E-state index in [2.05, 4.69) is 15.6 Å². The Morgan fingerprint density at radius 3 is 2.56 bits per heavy atom. The number of benzene rings is 2. The maximum Gasteiger partial charge on any atom is 0.267 e. The highest BCUT2D eigenvalue weighted by molar-refractivity contribution is 7.80. The molecule has 1 aliphatic rings. The lowest BCUT2D eigenvalue weighted by Gasteiger charge is -2.29. The molecule has 2 aromatic carbocycles. The molecule has 0 unspecified atom stereocenters. The van der Waals surface area contributed by atoms with Crippen molar-refractivity contribution in [3.05, 3.63) is 107 Å². The summed E-state index contributed by atoms with van der Waals surface area (Å²) in [4.78, 5) is 31.9. The zero-order valence-corrected chi connectivity index (χ0v) is 21.5. The van der Waals surface area contributed by atoms with Crippen LogP contribution >= 0.6 is 12.2 Å². The normalized spacial score (nSPS) is 13.0. The third-order valence-corrected chi connectivity index (χ3v) is 6.27. The van der Waals surface area contributed by atoms with Crippen LogP contribution in [0.25, 0.3) is 5.69 Å². The number of amides is 1. The van der Waals surface area contributed by atoms with E-state index in [4.69, 9.17) is 21.7 Å². The monoisotopic (exact) mass is 545 g/mol. The summed E-state index contributed by atoms with van der Waals surface area (Å²) in [6.45, 7) is 2.57. The number of hydrogen-bond donors (Lipinski definition) is 2. The molecule has 0 spiro atoms. The molecule has 0 saturated carbocycles. The lowest BCUT2D eigenvalue weighted by atomic mass is 10.2. The SMILES string of the molecule is O=C(Nc1ccc(Oc2ccnc(NC(=S)N3CCOCC3)c2)c(F)c1)c1cccn(-c2ccccc2)c1=O. The van der Waals surface area contributed by atoms with Crippen molar-refractivity contribution in [3.8, 4) is 17.2 Å². The molecule has 1 saturated heterocycles. The van der Waals surface area contributed by atoms with Gasteiger partial charge in [0.1, 0.15) is 17.1 Å². The van der Waals surface area contributed by atoms with Gasteiger partial charge < -0.3 is 25.0 Å². The molecule has 2 N–H and O–H groups in total. The van der Waals surface area contributed by atoms with Gasteiger partial charge in [-0.3, -0.25) is 14.2 Å². The summed E-state index contributed by atoms with van der Waals surface area (Å²) in [6.07, 6.45) is 3.10. The number of thiocarbonyl (C=S) groups is 1. The molecule has 0 radical (unpaired) electrons. The highest BCUT2D eigenvalue weighted by Crippen LogP contribution is 2.28. The van der Waals surface area contributed by atoms with Crippen molar-refractivity contribution in [1.29, 1.82) is 0 Å². The number of rotatable bonds is 6. The number of hydrogen-bond acceptors (Lipinski definition) is 6. The Labute approximate surface area is 228 Å². The van der Waals surface area contributed by atoms with E-state index in [0.717, 1.165) is 6.07 Å². The summed E-state index contributed by atoms with van der Waals surface area (Å²) in [5.74, 6) is -0.597. The fourth-order valence-electron chi connectivity index (χ4n) is 3.94. The average molecular weight is 546 g/mol. The van der Waals surface area contributed by atoms with E-state index in [1.54, 1.807) is 48.7 Å². The summed E-state index contributed by atoms with van der Waals surface area (Å²) >= 11 is 5.44. The second-order valence-electron chi connectivity index (χ2n) is 8.54. The Hall–Kier alpha value is -4.61. The van der Waals surface area contributed by atoms with E-state index in [1.807, 2.05) is 11.0 Å². The van der Waals surface area contributed by atoms with Gasteiger partial charge in [0.2, 0.25) is 0 Å². The third kappa shape index (κ3) is 6.28. The molecule has 11 heteroatoms. The molecule has 5 rings (SSSR count). The standard InChI is InChI=1S/C28H24FN5O4S/c29-23-17-19(31-26(35)22-7-4-12-34(27(22)36)20-5-2-1-3-6-20)8-9-24(23)38-21-10-11-30-25(18-21)32-28(39)33-13-15-37-16-14-33/h1-12,17-18H,13-16H2,(H,31,35)(H,30,32,39). The quantitative estimate of drug-likeness (QED) is 0.343. The molecule has 1 amide bonds. The van der Waals surface area contributed by atoms with Crippen LogP contribution in [0.4, 0.5) is 15.9 Å². The highest BCUT2D eigenvalue weighted by atomic mass is 32.1. The van der Waals surface area contributed by atoms with E-state index < -0.39 is 17.3 Å². The number of anilines is 2. The Kier molecular flexibility index (Phi) is 7.90. The number of halogens is 1. The summed E-state index contributed by atoms with van der Waals surface area (Å²) in [5.41, 5.74) is 0.236. The first-order chi connectivity index (χ1) is 19.0. The second-order valence-corrected chi connectivity index (χ2v) is 8.93. The van der Waals surface area contributed by atoms with Crippen molar-refractivity contribution < 1.29 is 18.7 Å². The number of nitrogens with zero attached hydrogens (tertiary/aromatic N) is 3. The van der Waals surface area contributed by atoms with Crippen molar-refractivity contribution in [2.24, 2.45) is 0 Å². The molecule has 1 aliphatic heterocycles. The number of para-hydroxylation sites is 1. The average Bonchev–Trinajstić information content (AvgIpc) is 2.96. The van der Waals surface area contributed by atoms with Crippen molar-refractivity contribution in [1.82, 2.24) is 14.5 Å². The van der Waals surface area contributed by atoms with Crippen molar-refractivity contribution in [2.45, 2.75) is 0 Å². The van der Waals surface area contributed by atoms with Crippen LogP contribution in [-0.4, -0.2) is 51.8 Å². The van der Waals surface area contributed by atoms with Crippen molar-refractivity contribution in [2.75, 3.05) is 36.9 Å². The molecule has 3 heterocycles. The number of aromatic nitrogens is 2. The van der Waals surface area contributed by atoms with Gasteiger partial charge in [-0.1, -0.05) is 18.2 Å².